The van der Waals surface area contributed by atoms with E-state index in [9.17, 15) is 9.59 Å². The van der Waals surface area contributed by atoms with Crippen LogP contribution in [0.4, 0.5) is 22.2 Å². The Labute approximate surface area is 170 Å². The van der Waals surface area contributed by atoms with Crippen LogP contribution in [0.5, 0.6) is 0 Å². The largest absolute Gasteiger partial charge is 0.445 e. The Balaban J connectivity index is 1.52. The maximum Gasteiger partial charge on any atom is 0.407 e. The zero-order chi connectivity index (χ0) is 20.6. The number of ether oxygens (including phenoxy) is 1. The van der Waals surface area contributed by atoms with Gasteiger partial charge in [0.05, 0.1) is 6.20 Å². The van der Waals surface area contributed by atoms with Crippen molar-refractivity contribution >= 4 is 29.5 Å². The maximum atomic E-state index is 12.2. The van der Waals surface area contributed by atoms with Gasteiger partial charge in [-0.15, -0.1) is 0 Å². The summed E-state index contributed by atoms with van der Waals surface area (Å²) in [5.41, 5.74) is 1.36. The molecule has 9 heteroatoms. The van der Waals surface area contributed by atoms with Gasteiger partial charge in [-0.05, 0) is 18.4 Å². The summed E-state index contributed by atoms with van der Waals surface area (Å²) in [6, 6.07) is 9.33. The third-order valence-corrected chi connectivity index (χ3v) is 4.45. The van der Waals surface area contributed by atoms with Crippen molar-refractivity contribution in [3.8, 4) is 0 Å². The van der Waals surface area contributed by atoms with Gasteiger partial charge in [0.25, 0.3) is 0 Å². The van der Waals surface area contributed by atoms with Crippen LogP contribution in [0, 0.1) is 0 Å². The molecule has 0 bridgehead atoms. The van der Waals surface area contributed by atoms with Crippen LogP contribution in [0.3, 0.4) is 0 Å². The Morgan fingerprint density at radius 1 is 1.17 bits per heavy atom. The summed E-state index contributed by atoms with van der Waals surface area (Å²) in [6.07, 6.45) is 3.20. The van der Waals surface area contributed by atoms with Crippen LogP contribution in [0.1, 0.15) is 18.4 Å². The first-order valence-corrected chi connectivity index (χ1v) is 9.56. The average Bonchev–Trinajstić information content (AvgIpc) is 3.26. The van der Waals surface area contributed by atoms with Gasteiger partial charge in [0.1, 0.15) is 18.8 Å². The smallest absolute Gasteiger partial charge is 0.407 e. The number of carbonyl (C=O) groups excluding carboxylic acids is 2. The van der Waals surface area contributed by atoms with Crippen molar-refractivity contribution in [2.24, 2.45) is 0 Å². The number of carbonyl (C=O) groups is 2. The first kappa shape index (κ1) is 20.4. The SMILES string of the molecule is CN(C)c1nc(N2CCCC2)ncc1NC(=O)CNC(=O)OCc1ccccc1. The Kier molecular flexibility index (Phi) is 6.83. The summed E-state index contributed by atoms with van der Waals surface area (Å²) >= 11 is 0. The molecule has 0 saturated carbocycles. The quantitative estimate of drug-likeness (QED) is 0.736. The Bertz CT molecular complexity index is 837. The van der Waals surface area contributed by atoms with Gasteiger partial charge in [-0.25, -0.2) is 9.78 Å². The molecule has 0 aliphatic carbocycles. The number of hydrogen-bond donors (Lipinski definition) is 2. The van der Waals surface area contributed by atoms with E-state index < -0.39 is 6.09 Å². The van der Waals surface area contributed by atoms with E-state index in [2.05, 4.69) is 25.5 Å². The molecular formula is C20H26N6O3. The van der Waals surface area contributed by atoms with Crippen molar-refractivity contribution in [2.45, 2.75) is 19.4 Å². The van der Waals surface area contributed by atoms with Crippen molar-refractivity contribution in [1.29, 1.82) is 0 Å². The second kappa shape index (κ2) is 9.72. The second-order valence-electron chi connectivity index (χ2n) is 6.96. The van der Waals surface area contributed by atoms with Crippen molar-refractivity contribution < 1.29 is 14.3 Å². The van der Waals surface area contributed by atoms with Gasteiger partial charge >= 0.3 is 6.09 Å². The molecule has 1 aromatic carbocycles. The van der Waals surface area contributed by atoms with Crippen LogP contribution in [0.15, 0.2) is 36.5 Å². The molecule has 0 unspecified atom stereocenters. The lowest BCUT2D eigenvalue weighted by molar-refractivity contribution is -0.115. The van der Waals surface area contributed by atoms with Gasteiger partial charge < -0.3 is 25.2 Å². The maximum absolute atomic E-state index is 12.2. The molecule has 2 heterocycles. The molecule has 1 aliphatic rings. The predicted molar refractivity (Wildman–Crippen MR) is 111 cm³/mol. The normalized spacial score (nSPS) is 13.1. The number of rotatable bonds is 7. The fraction of sp³-hybridized carbons (Fsp3) is 0.400. The van der Waals surface area contributed by atoms with E-state index in [1.807, 2.05) is 49.3 Å². The summed E-state index contributed by atoms with van der Waals surface area (Å²) in [4.78, 5) is 36.9. The molecular weight excluding hydrogens is 372 g/mol. The van der Waals surface area contributed by atoms with Gasteiger partial charge in [0.2, 0.25) is 11.9 Å². The number of amides is 2. The molecule has 2 N–H and O–H groups in total. The van der Waals surface area contributed by atoms with Crippen LogP contribution >= 0.6 is 0 Å². The van der Waals surface area contributed by atoms with E-state index in [1.165, 1.54) is 0 Å². The molecule has 0 spiro atoms. The van der Waals surface area contributed by atoms with E-state index >= 15 is 0 Å². The van der Waals surface area contributed by atoms with Crippen molar-refractivity contribution in [1.82, 2.24) is 15.3 Å². The second-order valence-corrected chi connectivity index (χ2v) is 6.96. The number of hydrogen-bond acceptors (Lipinski definition) is 7. The van der Waals surface area contributed by atoms with E-state index in [0.717, 1.165) is 31.5 Å². The van der Waals surface area contributed by atoms with E-state index in [4.69, 9.17) is 4.74 Å². The number of benzene rings is 1. The highest BCUT2D eigenvalue weighted by Gasteiger charge is 2.18. The van der Waals surface area contributed by atoms with E-state index in [0.29, 0.717) is 17.5 Å². The summed E-state index contributed by atoms with van der Waals surface area (Å²) in [7, 11) is 3.70. The van der Waals surface area contributed by atoms with Crippen molar-refractivity contribution in [2.75, 3.05) is 48.8 Å². The molecule has 2 amide bonds. The highest BCUT2D eigenvalue weighted by atomic mass is 16.5. The Morgan fingerprint density at radius 2 is 1.90 bits per heavy atom. The lowest BCUT2D eigenvalue weighted by Crippen LogP contribution is -2.33. The molecule has 154 valence electrons. The number of alkyl carbamates (subject to hydrolysis) is 1. The first-order chi connectivity index (χ1) is 14.0. The minimum Gasteiger partial charge on any atom is -0.445 e. The average molecular weight is 398 g/mol. The predicted octanol–water partition coefficient (Wildman–Crippen LogP) is 2.01. The molecule has 0 radical (unpaired) electrons. The molecule has 3 rings (SSSR count). The van der Waals surface area contributed by atoms with Crippen molar-refractivity contribution in [3.63, 3.8) is 0 Å². The number of aromatic nitrogens is 2. The highest BCUT2D eigenvalue weighted by Crippen LogP contribution is 2.25. The summed E-state index contributed by atoms with van der Waals surface area (Å²) in [5.74, 6) is 0.885. The van der Waals surface area contributed by atoms with Crippen LogP contribution in [-0.2, 0) is 16.1 Å². The molecule has 9 nitrogen and oxygen atoms in total. The standard InChI is InChI=1S/C20H26N6O3/c1-25(2)18-16(12-21-19(24-18)26-10-6-7-11-26)23-17(27)13-22-20(28)29-14-15-8-4-3-5-9-15/h3-5,8-9,12H,6-7,10-11,13-14H2,1-2H3,(H,22,28)(H,23,27). The molecule has 0 atom stereocenters. The summed E-state index contributed by atoms with van der Waals surface area (Å²) in [6.45, 7) is 1.81. The first-order valence-electron chi connectivity index (χ1n) is 9.56. The fourth-order valence-corrected chi connectivity index (χ4v) is 2.98. The number of nitrogens with one attached hydrogen (secondary N) is 2. The third-order valence-electron chi connectivity index (χ3n) is 4.45. The van der Waals surface area contributed by atoms with Gasteiger partial charge in [0, 0.05) is 27.2 Å². The molecule has 29 heavy (non-hydrogen) atoms. The third kappa shape index (κ3) is 5.81. The highest BCUT2D eigenvalue weighted by molar-refractivity contribution is 5.96. The van der Waals surface area contributed by atoms with Gasteiger partial charge in [-0.2, -0.15) is 4.98 Å². The molecule has 1 aromatic heterocycles. The lowest BCUT2D eigenvalue weighted by atomic mass is 10.2. The molecule has 1 aliphatic heterocycles. The molecule has 2 aromatic rings. The minimum atomic E-state index is -0.655. The zero-order valence-corrected chi connectivity index (χ0v) is 16.7. The van der Waals surface area contributed by atoms with Gasteiger partial charge in [0.15, 0.2) is 5.82 Å². The van der Waals surface area contributed by atoms with E-state index in [1.54, 1.807) is 6.20 Å². The Morgan fingerprint density at radius 3 is 2.59 bits per heavy atom. The molecule has 1 saturated heterocycles. The van der Waals surface area contributed by atoms with Gasteiger partial charge in [-0.3, -0.25) is 4.79 Å². The topological polar surface area (TPSA) is 99.7 Å². The minimum absolute atomic E-state index is 0.144. The Hall–Kier alpha value is -3.36. The van der Waals surface area contributed by atoms with Crippen LogP contribution in [-0.4, -0.2) is 55.7 Å². The summed E-state index contributed by atoms with van der Waals surface area (Å²) < 4.78 is 5.09. The van der Waals surface area contributed by atoms with Crippen LogP contribution in [0.2, 0.25) is 0 Å². The van der Waals surface area contributed by atoms with E-state index in [-0.39, 0.29) is 19.1 Å². The number of anilines is 3. The van der Waals surface area contributed by atoms with Crippen LogP contribution < -0.4 is 20.4 Å². The van der Waals surface area contributed by atoms with Crippen molar-refractivity contribution in [3.05, 3.63) is 42.1 Å². The zero-order valence-electron chi connectivity index (χ0n) is 16.7. The lowest BCUT2D eigenvalue weighted by Gasteiger charge is -2.21. The number of nitrogens with zero attached hydrogens (tertiary/aromatic N) is 4. The van der Waals surface area contributed by atoms with Gasteiger partial charge in [-0.1, -0.05) is 30.3 Å². The van der Waals surface area contributed by atoms with Crippen LogP contribution in [0.25, 0.3) is 0 Å². The fourth-order valence-electron chi connectivity index (χ4n) is 2.98. The summed E-state index contributed by atoms with van der Waals surface area (Å²) in [5, 5.41) is 5.19. The molecule has 1 fully saturated rings. The monoisotopic (exact) mass is 398 g/mol.